The molecule has 3 aliphatic rings. The Bertz CT molecular complexity index is 1210. The molecule has 3 heterocycles. The van der Waals surface area contributed by atoms with Crippen LogP contribution < -0.4 is 16.8 Å². The normalized spacial score (nSPS) is 22.3. The molecule has 1 aliphatic carbocycles. The molecule has 36 heavy (non-hydrogen) atoms. The van der Waals surface area contributed by atoms with Crippen LogP contribution in [0, 0.1) is 5.41 Å². The lowest BCUT2D eigenvalue weighted by Crippen LogP contribution is -2.71. The predicted molar refractivity (Wildman–Crippen MR) is 124 cm³/mol. The Kier molecular flexibility index (Phi) is 6.77. The second kappa shape index (κ2) is 9.65. The zero-order valence-electron chi connectivity index (χ0n) is 18.3. The second-order valence-corrected chi connectivity index (χ2v) is 10.1. The van der Waals surface area contributed by atoms with E-state index in [1.54, 1.807) is 0 Å². The standard InChI is InChI=1S/C19H20N6O9S2/c20-17-22-8(5-36-17)9(24-34-6-19(1-2-19)16(30)31)12(26)23-10-13(27)25-11(15(28)29)7(3-33-18(21)32)4-35-14(10)25/h5,10,14H,1-4,6H2,(H2,20,22)(H2,21,32)(H,23,26)(H,28,29)(H,30,31)/b24-9-/t10-,14-/m1/s1. The molecule has 0 bridgehead atoms. The van der Waals surface area contributed by atoms with E-state index in [2.05, 4.69) is 20.2 Å². The summed E-state index contributed by atoms with van der Waals surface area (Å²) >= 11 is 2.19. The van der Waals surface area contributed by atoms with Crippen LogP contribution in [-0.4, -0.2) is 86.0 Å². The number of hydrogen-bond donors (Lipinski definition) is 5. The van der Waals surface area contributed by atoms with E-state index in [9.17, 15) is 34.2 Å². The van der Waals surface area contributed by atoms with Crippen LogP contribution in [0.4, 0.5) is 9.93 Å². The van der Waals surface area contributed by atoms with Gasteiger partial charge in [-0.25, -0.2) is 14.6 Å². The van der Waals surface area contributed by atoms with Crippen molar-refractivity contribution in [3.63, 3.8) is 0 Å². The highest BCUT2D eigenvalue weighted by Gasteiger charge is 2.55. The number of aromatic nitrogens is 1. The van der Waals surface area contributed by atoms with Gasteiger partial charge < -0.3 is 36.6 Å². The highest BCUT2D eigenvalue weighted by atomic mass is 32.2. The molecular formula is C19H20N6O9S2. The maximum Gasteiger partial charge on any atom is 0.404 e. The SMILES string of the molecule is NC(=O)OCC1=C(C(=O)O)N2C(=O)[C@@H](NC(=O)/C(=N\OCC3(C(=O)O)CC3)c3csc(N)n3)[C@H]2SC1. The van der Waals surface area contributed by atoms with Gasteiger partial charge in [-0.15, -0.1) is 23.1 Å². The summed E-state index contributed by atoms with van der Waals surface area (Å²) < 4.78 is 4.67. The van der Waals surface area contributed by atoms with Crippen molar-refractivity contribution >= 4 is 63.8 Å². The predicted octanol–water partition coefficient (Wildman–Crippen LogP) is -0.855. The maximum atomic E-state index is 13.0. The number of thiazole rings is 1. The molecule has 17 heteroatoms. The van der Waals surface area contributed by atoms with Crippen LogP contribution in [0.3, 0.4) is 0 Å². The first-order chi connectivity index (χ1) is 17.0. The number of nitrogens with one attached hydrogen (secondary N) is 1. The lowest BCUT2D eigenvalue weighted by Gasteiger charge is -2.49. The van der Waals surface area contributed by atoms with Crippen molar-refractivity contribution in [2.75, 3.05) is 24.7 Å². The highest BCUT2D eigenvalue weighted by Crippen LogP contribution is 2.46. The number of thioether (sulfide) groups is 1. The topological polar surface area (TPSA) is 237 Å². The van der Waals surface area contributed by atoms with Gasteiger partial charge in [0.05, 0.1) is 0 Å². The van der Waals surface area contributed by atoms with Gasteiger partial charge in [-0.2, -0.15) is 0 Å². The number of rotatable bonds is 10. The molecule has 2 fully saturated rings. The minimum Gasteiger partial charge on any atom is -0.481 e. The number of hydrogen-bond acceptors (Lipinski definition) is 12. The summed E-state index contributed by atoms with van der Waals surface area (Å²) in [5.41, 5.74) is 9.12. The van der Waals surface area contributed by atoms with Gasteiger partial charge in [-0.1, -0.05) is 5.16 Å². The fourth-order valence-electron chi connectivity index (χ4n) is 3.55. The molecule has 1 saturated heterocycles. The van der Waals surface area contributed by atoms with Crippen LogP contribution >= 0.6 is 23.1 Å². The largest absolute Gasteiger partial charge is 0.481 e. The number of carbonyl (C=O) groups excluding carboxylic acids is 3. The zero-order chi connectivity index (χ0) is 26.2. The second-order valence-electron chi connectivity index (χ2n) is 8.10. The van der Waals surface area contributed by atoms with Crippen LogP contribution in [0.15, 0.2) is 21.8 Å². The number of carboxylic acid groups (broad SMARTS) is 2. The first kappa shape index (κ1) is 25.2. The Labute approximate surface area is 210 Å². The highest BCUT2D eigenvalue weighted by molar-refractivity contribution is 8.00. The van der Waals surface area contributed by atoms with E-state index in [1.165, 1.54) is 5.38 Å². The lowest BCUT2D eigenvalue weighted by atomic mass is 10.0. The van der Waals surface area contributed by atoms with Gasteiger partial charge in [0.15, 0.2) is 10.8 Å². The number of β-lactam (4-membered cyclic amide) rings is 1. The number of anilines is 1. The van der Waals surface area contributed by atoms with Crippen LogP contribution in [0.5, 0.6) is 0 Å². The first-order valence-electron chi connectivity index (χ1n) is 10.3. The van der Waals surface area contributed by atoms with E-state index in [0.717, 1.165) is 28.0 Å². The Hall–Kier alpha value is -3.86. The molecule has 1 saturated carbocycles. The lowest BCUT2D eigenvalue weighted by molar-refractivity contribution is -0.150. The fraction of sp³-hybridized carbons (Fsp3) is 0.421. The number of carboxylic acids is 2. The summed E-state index contributed by atoms with van der Waals surface area (Å²) in [6.45, 7) is -0.648. The summed E-state index contributed by atoms with van der Waals surface area (Å²) in [5, 5.41) is 26.0. The van der Waals surface area contributed by atoms with Gasteiger partial charge in [0.1, 0.15) is 41.4 Å². The number of oxime groups is 1. The van der Waals surface area contributed by atoms with E-state index in [0.29, 0.717) is 12.8 Å². The van der Waals surface area contributed by atoms with Crippen molar-refractivity contribution < 1.29 is 43.8 Å². The average molecular weight is 541 g/mol. The number of ether oxygens (including phenoxy) is 1. The molecule has 7 N–H and O–H groups in total. The number of nitrogens with two attached hydrogens (primary N) is 2. The fourth-order valence-corrected chi connectivity index (χ4v) is 5.43. The number of fused-ring (bicyclic) bond motifs is 1. The number of primary amides is 1. The van der Waals surface area contributed by atoms with Crippen LogP contribution in [-0.2, 0) is 28.8 Å². The quantitative estimate of drug-likeness (QED) is 0.138. The third-order valence-corrected chi connectivity index (χ3v) is 7.72. The number of amides is 3. The van der Waals surface area contributed by atoms with Crippen molar-refractivity contribution in [2.24, 2.45) is 16.3 Å². The van der Waals surface area contributed by atoms with Crippen LogP contribution in [0.1, 0.15) is 18.5 Å². The molecule has 0 aromatic carbocycles. The Morgan fingerprint density at radius 1 is 1.31 bits per heavy atom. The van der Waals surface area contributed by atoms with E-state index in [-0.39, 0.29) is 40.2 Å². The van der Waals surface area contributed by atoms with Crippen molar-refractivity contribution in [3.05, 3.63) is 22.3 Å². The van der Waals surface area contributed by atoms with Crippen molar-refractivity contribution in [2.45, 2.75) is 24.3 Å². The van der Waals surface area contributed by atoms with E-state index in [4.69, 9.17) is 16.3 Å². The van der Waals surface area contributed by atoms with E-state index < -0.39 is 53.3 Å². The van der Waals surface area contributed by atoms with Crippen molar-refractivity contribution in [3.8, 4) is 0 Å². The molecule has 1 aromatic rings. The average Bonchev–Trinajstić information content (AvgIpc) is 3.51. The number of nitrogen functional groups attached to an aromatic ring is 1. The summed E-state index contributed by atoms with van der Waals surface area (Å²) in [6.07, 6.45) is -0.257. The number of carbonyl (C=O) groups is 5. The van der Waals surface area contributed by atoms with Gasteiger partial charge in [0, 0.05) is 16.7 Å². The Balaban J connectivity index is 1.49. The molecule has 2 aliphatic heterocycles. The molecule has 0 radical (unpaired) electrons. The minimum atomic E-state index is -1.40. The molecule has 4 rings (SSSR count). The monoisotopic (exact) mass is 540 g/mol. The van der Waals surface area contributed by atoms with Crippen LogP contribution in [0.2, 0.25) is 0 Å². The van der Waals surface area contributed by atoms with Crippen LogP contribution in [0.25, 0.3) is 0 Å². The minimum absolute atomic E-state index is 0.0621. The Morgan fingerprint density at radius 2 is 2.03 bits per heavy atom. The number of nitrogens with zero attached hydrogens (tertiary/aromatic N) is 3. The zero-order valence-corrected chi connectivity index (χ0v) is 20.0. The number of aliphatic carboxylic acids is 2. The molecule has 3 amide bonds. The summed E-state index contributed by atoms with van der Waals surface area (Å²) in [6, 6.07) is -1.09. The van der Waals surface area contributed by atoms with Gasteiger partial charge in [-0.3, -0.25) is 19.3 Å². The summed E-state index contributed by atoms with van der Waals surface area (Å²) in [5.74, 6) is -3.86. The summed E-state index contributed by atoms with van der Waals surface area (Å²) in [7, 11) is 0. The third-order valence-electron chi connectivity index (χ3n) is 5.71. The molecule has 192 valence electrons. The first-order valence-corrected chi connectivity index (χ1v) is 12.2. The van der Waals surface area contributed by atoms with Gasteiger partial charge in [0.25, 0.3) is 11.8 Å². The molecule has 0 spiro atoms. The third kappa shape index (κ3) is 4.78. The molecule has 15 nitrogen and oxygen atoms in total. The van der Waals surface area contributed by atoms with E-state index >= 15 is 0 Å². The molecule has 2 atom stereocenters. The molecule has 1 aromatic heterocycles. The Morgan fingerprint density at radius 3 is 2.58 bits per heavy atom. The summed E-state index contributed by atoms with van der Waals surface area (Å²) in [4.78, 5) is 70.1. The molecular weight excluding hydrogens is 520 g/mol. The van der Waals surface area contributed by atoms with Gasteiger partial charge in [0.2, 0.25) is 0 Å². The van der Waals surface area contributed by atoms with Crippen molar-refractivity contribution in [1.82, 2.24) is 15.2 Å². The maximum absolute atomic E-state index is 13.0. The molecule has 0 unspecified atom stereocenters. The van der Waals surface area contributed by atoms with Gasteiger partial charge in [-0.05, 0) is 12.8 Å². The van der Waals surface area contributed by atoms with Crippen molar-refractivity contribution in [1.29, 1.82) is 0 Å². The van der Waals surface area contributed by atoms with E-state index in [1.807, 2.05) is 0 Å². The smallest absolute Gasteiger partial charge is 0.404 e. The van der Waals surface area contributed by atoms with Gasteiger partial charge >= 0.3 is 18.0 Å².